The number of aromatic nitrogens is 1. The van der Waals surface area contributed by atoms with Crippen LogP contribution in [-0.4, -0.2) is 71.0 Å². The summed E-state index contributed by atoms with van der Waals surface area (Å²) in [7, 11) is 0. The third kappa shape index (κ3) is 6.02. The Balaban J connectivity index is 1.40. The lowest BCUT2D eigenvalue weighted by Gasteiger charge is -2.29. The molecule has 0 saturated carbocycles. The smallest absolute Gasteiger partial charge is 0.295 e. The first-order valence-corrected chi connectivity index (χ1v) is 13.3. The molecule has 1 aromatic heterocycles. The van der Waals surface area contributed by atoms with Gasteiger partial charge in [0, 0.05) is 44.1 Å². The van der Waals surface area contributed by atoms with E-state index in [0.29, 0.717) is 44.1 Å². The Morgan fingerprint density at radius 2 is 1.77 bits per heavy atom. The molecule has 8 heteroatoms. The van der Waals surface area contributed by atoms with Crippen molar-refractivity contribution in [2.45, 2.75) is 26.0 Å². The van der Waals surface area contributed by atoms with Gasteiger partial charge in [-0.1, -0.05) is 30.3 Å². The van der Waals surface area contributed by atoms with Crippen molar-refractivity contribution >= 4 is 17.4 Å². The molecule has 1 N–H and O–H groups in total. The molecule has 3 heterocycles. The maximum atomic E-state index is 13.3. The quantitative estimate of drug-likeness (QED) is 0.254. The number of aliphatic hydroxyl groups excluding tert-OH is 1. The number of carbonyl (C=O) groups excluding carboxylic acids is 2. The van der Waals surface area contributed by atoms with Crippen LogP contribution in [0, 0.1) is 6.92 Å². The molecule has 0 spiro atoms. The van der Waals surface area contributed by atoms with E-state index in [9.17, 15) is 14.7 Å². The topological polar surface area (TPSA) is 92.2 Å². The molecule has 2 aliphatic heterocycles. The summed E-state index contributed by atoms with van der Waals surface area (Å²) in [5.74, 6) is -0.782. The summed E-state index contributed by atoms with van der Waals surface area (Å²) in [6, 6.07) is 18.0. The van der Waals surface area contributed by atoms with Crippen LogP contribution in [-0.2, 0) is 20.9 Å². The number of rotatable bonds is 9. The van der Waals surface area contributed by atoms with Crippen LogP contribution < -0.4 is 4.74 Å². The van der Waals surface area contributed by atoms with Crippen molar-refractivity contribution in [3.63, 3.8) is 0 Å². The van der Waals surface area contributed by atoms with Crippen molar-refractivity contribution in [1.29, 1.82) is 0 Å². The molecular weight excluding hydrogens is 494 g/mol. The maximum Gasteiger partial charge on any atom is 0.295 e. The average Bonchev–Trinajstić information content (AvgIpc) is 3.23. The van der Waals surface area contributed by atoms with E-state index in [0.717, 1.165) is 36.3 Å². The summed E-state index contributed by atoms with van der Waals surface area (Å²) in [6.07, 6.45) is 3.97. The van der Waals surface area contributed by atoms with E-state index in [2.05, 4.69) is 9.88 Å². The van der Waals surface area contributed by atoms with Crippen LogP contribution in [0.3, 0.4) is 0 Å². The average molecular weight is 528 g/mol. The number of Topliss-reactive ketones (excluding diaryl/α,β-unsaturated/α-hetero) is 1. The van der Waals surface area contributed by atoms with E-state index >= 15 is 0 Å². The molecule has 2 aliphatic rings. The summed E-state index contributed by atoms with van der Waals surface area (Å²) < 4.78 is 11.4. The number of nitrogens with zero attached hydrogens (tertiary/aromatic N) is 3. The van der Waals surface area contributed by atoms with Gasteiger partial charge in [0.1, 0.15) is 18.1 Å². The largest absolute Gasteiger partial charge is 0.507 e. The third-order valence-electron chi connectivity index (χ3n) is 7.22. The summed E-state index contributed by atoms with van der Waals surface area (Å²) in [4.78, 5) is 34.5. The van der Waals surface area contributed by atoms with Gasteiger partial charge in [-0.15, -0.1) is 0 Å². The number of hydrogen-bond donors (Lipinski definition) is 1. The van der Waals surface area contributed by atoms with E-state index in [-0.39, 0.29) is 11.3 Å². The van der Waals surface area contributed by atoms with Crippen LogP contribution in [0.2, 0.25) is 0 Å². The van der Waals surface area contributed by atoms with E-state index in [1.807, 2.05) is 37.3 Å². The minimum atomic E-state index is -0.688. The second-order valence-electron chi connectivity index (χ2n) is 9.84. The lowest BCUT2D eigenvalue weighted by molar-refractivity contribution is -0.140. The molecule has 5 rings (SSSR count). The highest BCUT2D eigenvalue weighted by atomic mass is 16.5. The predicted molar refractivity (Wildman–Crippen MR) is 147 cm³/mol. The molecule has 202 valence electrons. The van der Waals surface area contributed by atoms with Crippen molar-refractivity contribution < 1.29 is 24.2 Å². The third-order valence-corrected chi connectivity index (χ3v) is 7.22. The van der Waals surface area contributed by atoms with Gasteiger partial charge in [0.2, 0.25) is 0 Å². The fourth-order valence-electron chi connectivity index (χ4n) is 5.14. The molecule has 2 fully saturated rings. The zero-order valence-corrected chi connectivity index (χ0v) is 22.1. The number of ether oxygens (including phenoxy) is 2. The number of amides is 1. The van der Waals surface area contributed by atoms with Gasteiger partial charge in [-0.2, -0.15) is 0 Å². The summed E-state index contributed by atoms with van der Waals surface area (Å²) >= 11 is 0. The molecule has 3 aromatic rings. The minimum absolute atomic E-state index is 0.0925. The van der Waals surface area contributed by atoms with Crippen LogP contribution in [0.15, 0.2) is 78.6 Å². The Bertz CT molecular complexity index is 1340. The second kappa shape index (κ2) is 12.2. The highest BCUT2D eigenvalue weighted by molar-refractivity contribution is 6.46. The molecule has 0 aliphatic carbocycles. The number of ketones is 1. The number of likely N-dealkylation sites (tertiary alicyclic amines) is 1. The van der Waals surface area contributed by atoms with Crippen LogP contribution >= 0.6 is 0 Å². The fourth-order valence-corrected chi connectivity index (χ4v) is 5.14. The molecule has 39 heavy (non-hydrogen) atoms. The molecule has 8 nitrogen and oxygen atoms in total. The second-order valence-corrected chi connectivity index (χ2v) is 9.84. The van der Waals surface area contributed by atoms with Crippen LogP contribution in [0.5, 0.6) is 5.75 Å². The Hall–Kier alpha value is -4.01. The zero-order valence-electron chi connectivity index (χ0n) is 22.1. The molecule has 1 atom stereocenters. The number of aliphatic hydroxyl groups is 1. The number of aryl methyl sites for hydroxylation is 1. The van der Waals surface area contributed by atoms with Gasteiger partial charge in [-0.05, 0) is 60.4 Å². The Labute approximate surface area is 228 Å². The Kier molecular flexibility index (Phi) is 8.34. The predicted octanol–water partition coefficient (Wildman–Crippen LogP) is 4.11. The molecule has 2 saturated heterocycles. The van der Waals surface area contributed by atoms with Gasteiger partial charge in [0.05, 0.1) is 24.8 Å². The Morgan fingerprint density at radius 3 is 2.49 bits per heavy atom. The highest BCUT2D eigenvalue weighted by Gasteiger charge is 2.45. The van der Waals surface area contributed by atoms with Gasteiger partial charge in [-0.3, -0.25) is 19.5 Å². The molecule has 0 bridgehead atoms. The van der Waals surface area contributed by atoms with E-state index in [4.69, 9.17) is 9.47 Å². The van der Waals surface area contributed by atoms with Gasteiger partial charge in [0.15, 0.2) is 0 Å². The normalized spacial score (nSPS) is 19.4. The number of benzene rings is 2. The van der Waals surface area contributed by atoms with Crippen LogP contribution in [0.1, 0.15) is 34.7 Å². The van der Waals surface area contributed by atoms with E-state index in [1.54, 1.807) is 47.6 Å². The van der Waals surface area contributed by atoms with E-state index in [1.165, 1.54) is 0 Å². The molecule has 2 aromatic carbocycles. The number of morpholine rings is 1. The monoisotopic (exact) mass is 527 g/mol. The molecule has 0 radical (unpaired) electrons. The maximum absolute atomic E-state index is 13.3. The zero-order chi connectivity index (χ0) is 27.2. The fraction of sp³-hybridized carbons (Fsp3) is 0.323. The van der Waals surface area contributed by atoms with Gasteiger partial charge < -0.3 is 19.5 Å². The lowest BCUT2D eigenvalue weighted by Crippen LogP contribution is -2.38. The minimum Gasteiger partial charge on any atom is -0.507 e. The number of carbonyl (C=O) groups is 2. The highest BCUT2D eigenvalue weighted by Crippen LogP contribution is 2.39. The standard InChI is InChI=1S/C31H33N3O5/c1-22-20-25(8-9-26(22)39-21-23-6-3-2-4-7-23)29(35)27-28(24-10-12-32-13-11-24)34(31(37)30(27)36)15-5-14-33-16-18-38-19-17-33/h2-4,6-13,20,28,35H,5,14-19,21H2,1H3/b29-27+/t28-/m0/s1. The van der Waals surface area contributed by atoms with Crippen molar-refractivity contribution in [3.05, 3.63) is 101 Å². The summed E-state index contributed by atoms with van der Waals surface area (Å²) in [5.41, 5.74) is 3.15. The first kappa shape index (κ1) is 26.6. The molecular formula is C31H33N3O5. The van der Waals surface area contributed by atoms with Gasteiger partial charge in [0.25, 0.3) is 11.7 Å². The van der Waals surface area contributed by atoms with Crippen LogP contribution in [0.4, 0.5) is 0 Å². The molecule has 1 amide bonds. The van der Waals surface area contributed by atoms with Gasteiger partial charge in [-0.25, -0.2) is 0 Å². The first-order valence-electron chi connectivity index (χ1n) is 13.3. The summed E-state index contributed by atoms with van der Waals surface area (Å²) in [6.45, 7) is 6.64. The van der Waals surface area contributed by atoms with E-state index < -0.39 is 17.7 Å². The van der Waals surface area contributed by atoms with Gasteiger partial charge >= 0.3 is 0 Å². The summed E-state index contributed by atoms with van der Waals surface area (Å²) in [5, 5.41) is 11.4. The number of hydrogen-bond acceptors (Lipinski definition) is 7. The van der Waals surface area contributed by atoms with Crippen molar-refractivity contribution in [3.8, 4) is 5.75 Å². The number of pyridine rings is 1. The van der Waals surface area contributed by atoms with Crippen molar-refractivity contribution in [2.75, 3.05) is 39.4 Å². The van der Waals surface area contributed by atoms with Crippen molar-refractivity contribution in [2.24, 2.45) is 0 Å². The first-order chi connectivity index (χ1) is 19.0. The lowest BCUT2D eigenvalue weighted by atomic mass is 9.95. The van der Waals surface area contributed by atoms with Crippen LogP contribution in [0.25, 0.3) is 5.76 Å². The molecule has 0 unspecified atom stereocenters. The Morgan fingerprint density at radius 1 is 1.03 bits per heavy atom. The SMILES string of the molecule is Cc1cc(/C(O)=C2\C(=O)C(=O)N(CCCN3CCOCC3)[C@H]2c2ccncc2)ccc1OCc1ccccc1. The van der Waals surface area contributed by atoms with Crippen molar-refractivity contribution in [1.82, 2.24) is 14.8 Å².